The number of amides is 3. The molecule has 3 amide bonds. The molecule has 3 aromatic rings. The number of fused-ring (bicyclic) bond motifs is 2. The number of rotatable bonds is 10. The third-order valence-electron chi connectivity index (χ3n) is 9.10. The Hall–Kier alpha value is -3.61. The standard InChI is InChI=1S/C36H49N5O2/c1-6-7-8-9-10-34(42)40-30-19-20-31(40)23-27(22-30)21-26-13-15-28(16-14-26)37-35(43)38-33-24-32(36(3,4)5)39-41(33)29-17-11-25(2)12-18-29/h11-18,24,27,30-31H,6-10,19-23H2,1-5H3,(H2,37,38,43). The van der Waals surface area contributed by atoms with Crippen molar-refractivity contribution in [1.29, 1.82) is 0 Å². The minimum absolute atomic E-state index is 0.154. The van der Waals surface area contributed by atoms with Crippen LogP contribution in [0.25, 0.3) is 5.69 Å². The van der Waals surface area contributed by atoms with Crippen molar-refractivity contribution < 1.29 is 9.59 Å². The average Bonchev–Trinajstić information content (AvgIpc) is 3.51. The molecular weight excluding hydrogens is 534 g/mol. The number of nitrogens with zero attached hydrogens (tertiary/aromatic N) is 3. The van der Waals surface area contributed by atoms with Crippen LogP contribution in [0.2, 0.25) is 0 Å². The van der Waals surface area contributed by atoms with E-state index in [1.807, 2.05) is 42.5 Å². The number of unbranched alkanes of at least 4 members (excludes halogenated alkanes) is 3. The fraction of sp³-hybridized carbons (Fsp3) is 0.528. The highest BCUT2D eigenvalue weighted by Gasteiger charge is 2.42. The van der Waals surface area contributed by atoms with E-state index in [0.717, 1.165) is 62.0 Å². The van der Waals surface area contributed by atoms with Crippen molar-refractivity contribution in [2.75, 3.05) is 10.6 Å². The number of aromatic nitrogens is 2. The minimum atomic E-state index is -0.301. The number of nitrogens with one attached hydrogen (secondary N) is 2. The SMILES string of the molecule is CCCCCCC(=O)N1C2CCC1CC(Cc1ccc(NC(=O)Nc3cc(C(C)(C)C)nn3-c3ccc(C)cc3)cc1)C2. The molecule has 2 fully saturated rings. The van der Waals surface area contributed by atoms with Gasteiger partial charge in [0.25, 0.3) is 0 Å². The predicted octanol–water partition coefficient (Wildman–Crippen LogP) is 8.40. The van der Waals surface area contributed by atoms with Gasteiger partial charge in [-0.05, 0) is 81.2 Å². The molecule has 3 heterocycles. The molecule has 7 heteroatoms. The Morgan fingerprint density at radius 3 is 2.21 bits per heavy atom. The normalized spacial score (nSPS) is 19.8. The van der Waals surface area contributed by atoms with Gasteiger partial charge in [0.05, 0.1) is 11.4 Å². The molecule has 0 spiro atoms. The lowest BCUT2D eigenvalue weighted by molar-refractivity contribution is -0.136. The second-order valence-electron chi connectivity index (χ2n) is 13.7. The van der Waals surface area contributed by atoms with Crippen LogP contribution in [0.5, 0.6) is 0 Å². The van der Waals surface area contributed by atoms with Gasteiger partial charge in [0.2, 0.25) is 5.91 Å². The first-order valence-electron chi connectivity index (χ1n) is 16.3. The molecule has 0 aliphatic carbocycles. The number of piperidine rings is 1. The lowest BCUT2D eigenvalue weighted by Crippen LogP contribution is -2.46. The number of carbonyl (C=O) groups excluding carboxylic acids is 2. The third kappa shape index (κ3) is 7.67. The highest BCUT2D eigenvalue weighted by Crippen LogP contribution is 2.40. The zero-order valence-corrected chi connectivity index (χ0v) is 26.7. The van der Waals surface area contributed by atoms with Gasteiger partial charge in [0.15, 0.2) is 0 Å². The molecule has 0 radical (unpaired) electrons. The zero-order valence-electron chi connectivity index (χ0n) is 26.7. The maximum Gasteiger partial charge on any atom is 0.324 e. The van der Waals surface area contributed by atoms with Crippen molar-refractivity contribution in [3.05, 3.63) is 71.4 Å². The maximum absolute atomic E-state index is 13.0. The van der Waals surface area contributed by atoms with Crippen LogP contribution < -0.4 is 10.6 Å². The molecule has 2 aromatic carbocycles. The third-order valence-corrected chi connectivity index (χ3v) is 9.10. The van der Waals surface area contributed by atoms with Crippen LogP contribution in [0.1, 0.15) is 102 Å². The van der Waals surface area contributed by atoms with E-state index in [1.54, 1.807) is 4.68 Å². The summed E-state index contributed by atoms with van der Waals surface area (Å²) < 4.78 is 1.79. The molecule has 0 saturated carbocycles. The van der Waals surface area contributed by atoms with Crippen molar-refractivity contribution in [2.24, 2.45) is 5.92 Å². The fourth-order valence-corrected chi connectivity index (χ4v) is 6.75. The topological polar surface area (TPSA) is 79.3 Å². The molecule has 2 atom stereocenters. The van der Waals surface area contributed by atoms with Crippen LogP contribution in [0.15, 0.2) is 54.6 Å². The van der Waals surface area contributed by atoms with E-state index in [9.17, 15) is 9.59 Å². The number of anilines is 2. The van der Waals surface area contributed by atoms with Crippen LogP contribution >= 0.6 is 0 Å². The number of hydrogen-bond acceptors (Lipinski definition) is 3. The summed E-state index contributed by atoms with van der Waals surface area (Å²) in [5.74, 6) is 1.61. The Bertz CT molecular complexity index is 1370. The van der Waals surface area contributed by atoms with E-state index in [4.69, 9.17) is 5.10 Å². The molecule has 2 aliphatic rings. The second-order valence-corrected chi connectivity index (χ2v) is 13.7. The number of benzene rings is 2. The van der Waals surface area contributed by atoms with Crippen molar-refractivity contribution in [3.8, 4) is 5.69 Å². The Morgan fingerprint density at radius 1 is 0.907 bits per heavy atom. The second kappa shape index (κ2) is 13.4. The summed E-state index contributed by atoms with van der Waals surface area (Å²) in [5.41, 5.74) is 4.85. The summed E-state index contributed by atoms with van der Waals surface area (Å²) in [4.78, 5) is 28.3. The molecule has 1 aromatic heterocycles. The molecule has 230 valence electrons. The van der Waals surface area contributed by atoms with Crippen LogP contribution in [-0.2, 0) is 16.6 Å². The number of carbonyl (C=O) groups is 2. The quantitative estimate of drug-likeness (QED) is 0.235. The molecule has 2 saturated heterocycles. The lowest BCUT2D eigenvalue weighted by atomic mass is 9.85. The Balaban J connectivity index is 1.16. The van der Waals surface area contributed by atoms with E-state index in [1.165, 1.54) is 24.0 Å². The van der Waals surface area contributed by atoms with Crippen LogP contribution in [0.3, 0.4) is 0 Å². The Kier molecular flexibility index (Phi) is 9.58. The smallest absolute Gasteiger partial charge is 0.324 e. The number of urea groups is 1. The van der Waals surface area contributed by atoms with Crippen molar-refractivity contribution in [1.82, 2.24) is 14.7 Å². The van der Waals surface area contributed by atoms with Gasteiger partial charge in [-0.25, -0.2) is 9.48 Å². The molecule has 2 unspecified atom stereocenters. The fourth-order valence-electron chi connectivity index (χ4n) is 6.75. The van der Waals surface area contributed by atoms with Gasteiger partial charge < -0.3 is 10.2 Å². The van der Waals surface area contributed by atoms with Gasteiger partial charge in [-0.3, -0.25) is 10.1 Å². The Labute approximate surface area is 257 Å². The molecule has 2 bridgehead atoms. The monoisotopic (exact) mass is 583 g/mol. The maximum atomic E-state index is 13.0. The summed E-state index contributed by atoms with van der Waals surface area (Å²) in [6.45, 7) is 10.6. The summed E-state index contributed by atoms with van der Waals surface area (Å²) in [7, 11) is 0. The molecule has 2 aliphatic heterocycles. The van der Waals surface area contributed by atoms with Gasteiger partial charge in [-0.15, -0.1) is 0 Å². The van der Waals surface area contributed by atoms with E-state index in [2.05, 4.69) is 62.3 Å². The van der Waals surface area contributed by atoms with Crippen molar-refractivity contribution in [3.63, 3.8) is 0 Å². The van der Waals surface area contributed by atoms with Gasteiger partial charge in [-0.2, -0.15) is 5.10 Å². The summed E-state index contributed by atoms with van der Waals surface area (Å²) in [6.07, 6.45) is 10.9. The first-order valence-corrected chi connectivity index (χ1v) is 16.3. The van der Waals surface area contributed by atoms with Crippen LogP contribution in [0, 0.1) is 12.8 Å². The molecule has 2 N–H and O–H groups in total. The van der Waals surface area contributed by atoms with E-state index in [-0.39, 0.29) is 11.4 Å². The number of aryl methyl sites for hydroxylation is 1. The van der Waals surface area contributed by atoms with E-state index < -0.39 is 0 Å². The largest absolute Gasteiger partial charge is 0.337 e. The van der Waals surface area contributed by atoms with Crippen molar-refractivity contribution >= 4 is 23.4 Å². The highest BCUT2D eigenvalue weighted by molar-refractivity contribution is 5.99. The van der Waals surface area contributed by atoms with E-state index in [0.29, 0.717) is 36.1 Å². The molecule has 7 nitrogen and oxygen atoms in total. The average molecular weight is 584 g/mol. The van der Waals surface area contributed by atoms with E-state index >= 15 is 0 Å². The Morgan fingerprint density at radius 2 is 1.58 bits per heavy atom. The van der Waals surface area contributed by atoms with Crippen molar-refractivity contribution in [2.45, 2.75) is 116 Å². The predicted molar refractivity (Wildman–Crippen MR) is 175 cm³/mol. The first kappa shape index (κ1) is 30.8. The zero-order chi connectivity index (χ0) is 30.6. The molecular formula is C36H49N5O2. The van der Waals surface area contributed by atoms with Gasteiger partial charge in [0.1, 0.15) is 5.82 Å². The van der Waals surface area contributed by atoms with Gasteiger partial charge in [0, 0.05) is 35.7 Å². The minimum Gasteiger partial charge on any atom is -0.337 e. The summed E-state index contributed by atoms with van der Waals surface area (Å²) in [5, 5.41) is 10.8. The van der Waals surface area contributed by atoms with Gasteiger partial charge in [-0.1, -0.05) is 76.8 Å². The number of hydrogen-bond donors (Lipinski definition) is 2. The van der Waals surface area contributed by atoms with Crippen LogP contribution in [-0.4, -0.2) is 38.7 Å². The first-order chi connectivity index (χ1) is 20.6. The van der Waals surface area contributed by atoms with Crippen LogP contribution in [0.4, 0.5) is 16.3 Å². The summed E-state index contributed by atoms with van der Waals surface area (Å²) >= 11 is 0. The summed E-state index contributed by atoms with van der Waals surface area (Å²) in [6, 6.07) is 18.8. The molecule has 5 rings (SSSR count). The lowest BCUT2D eigenvalue weighted by Gasteiger charge is -2.39. The molecule has 43 heavy (non-hydrogen) atoms. The van der Waals surface area contributed by atoms with Gasteiger partial charge >= 0.3 is 6.03 Å². The highest BCUT2D eigenvalue weighted by atomic mass is 16.2.